The van der Waals surface area contributed by atoms with Gasteiger partial charge in [-0.3, -0.25) is 4.79 Å². The fourth-order valence-corrected chi connectivity index (χ4v) is 3.52. The van der Waals surface area contributed by atoms with E-state index in [1.54, 1.807) is 6.92 Å². The first-order chi connectivity index (χ1) is 13.3. The molecule has 0 aromatic heterocycles. The number of hydrogen-bond acceptors (Lipinski definition) is 1. The lowest BCUT2D eigenvalue weighted by Crippen LogP contribution is -3.17. The van der Waals surface area contributed by atoms with Crippen molar-refractivity contribution in [2.45, 2.75) is 25.6 Å². The molecule has 2 aromatic rings. The molecule has 2 N–H and O–H groups in total. The number of carbonyl (C=O) groups is 1. The Balaban J connectivity index is 1.69. The molecule has 2 atom stereocenters. The van der Waals surface area contributed by atoms with E-state index >= 15 is 0 Å². The minimum atomic E-state index is -4.60. The first kappa shape index (κ1) is 20.4. The highest BCUT2D eigenvalue weighted by molar-refractivity contribution is 6.30. The number of amides is 1. The molecule has 0 saturated carbocycles. The molecule has 3 rings (SSSR count). The summed E-state index contributed by atoms with van der Waals surface area (Å²) < 4.78 is 39.6. The number of benzene rings is 2. The van der Waals surface area contributed by atoms with Crippen LogP contribution in [-0.4, -0.2) is 25.0 Å². The number of nitrogens with one attached hydrogen (secondary N) is 2. The summed E-state index contributed by atoms with van der Waals surface area (Å²) in [7, 11) is 0. The lowest BCUT2D eigenvalue weighted by atomic mass is 9.99. The van der Waals surface area contributed by atoms with Crippen LogP contribution in [0.3, 0.4) is 0 Å². The van der Waals surface area contributed by atoms with Crippen molar-refractivity contribution in [1.82, 2.24) is 0 Å². The van der Waals surface area contributed by atoms with Gasteiger partial charge in [0.1, 0.15) is 0 Å². The van der Waals surface area contributed by atoms with Gasteiger partial charge in [0.15, 0.2) is 6.04 Å². The Morgan fingerprint density at radius 2 is 1.89 bits per heavy atom. The fraction of sp³-hybridized carbons (Fsp3) is 0.286. The summed E-state index contributed by atoms with van der Waals surface area (Å²) in [4.78, 5) is 13.6. The molecule has 3 nitrogen and oxygen atoms in total. The smallest absolute Gasteiger partial charge is 0.321 e. The molecule has 2 aromatic carbocycles. The maximum absolute atomic E-state index is 13.2. The lowest BCUT2D eigenvalue weighted by Gasteiger charge is -2.28. The van der Waals surface area contributed by atoms with Gasteiger partial charge >= 0.3 is 6.18 Å². The zero-order valence-electron chi connectivity index (χ0n) is 15.3. The maximum Gasteiger partial charge on any atom is 0.418 e. The van der Waals surface area contributed by atoms with E-state index in [1.165, 1.54) is 17.7 Å². The van der Waals surface area contributed by atoms with Crippen LogP contribution in [0.2, 0.25) is 5.02 Å². The Labute approximate surface area is 166 Å². The van der Waals surface area contributed by atoms with Crippen LogP contribution in [0, 0.1) is 0 Å². The van der Waals surface area contributed by atoms with Crippen molar-refractivity contribution in [3.63, 3.8) is 0 Å². The predicted octanol–water partition coefficient (Wildman–Crippen LogP) is 4.06. The second-order valence-electron chi connectivity index (χ2n) is 6.86. The van der Waals surface area contributed by atoms with Gasteiger partial charge in [-0.05, 0) is 42.3 Å². The van der Waals surface area contributed by atoms with Crippen molar-refractivity contribution in [2.24, 2.45) is 0 Å². The zero-order valence-corrected chi connectivity index (χ0v) is 16.1. The van der Waals surface area contributed by atoms with Gasteiger partial charge < -0.3 is 10.2 Å². The van der Waals surface area contributed by atoms with E-state index in [-0.39, 0.29) is 10.7 Å². The van der Waals surface area contributed by atoms with Gasteiger partial charge in [-0.2, -0.15) is 13.2 Å². The summed E-state index contributed by atoms with van der Waals surface area (Å²) in [5.74, 6) is -0.445. The Morgan fingerprint density at radius 3 is 2.50 bits per heavy atom. The van der Waals surface area contributed by atoms with E-state index in [4.69, 9.17) is 11.6 Å². The number of quaternary nitrogens is 1. The van der Waals surface area contributed by atoms with Gasteiger partial charge in [0.25, 0.3) is 5.91 Å². The summed E-state index contributed by atoms with van der Waals surface area (Å²) in [5.41, 5.74) is 1.18. The van der Waals surface area contributed by atoms with Crippen LogP contribution in [0.15, 0.2) is 54.6 Å². The molecule has 148 valence electrons. The van der Waals surface area contributed by atoms with Gasteiger partial charge in [-0.1, -0.05) is 41.9 Å². The van der Waals surface area contributed by atoms with Crippen LogP contribution >= 0.6 is 11.6 Å². The number of rotatable bonds is 4. The topological polar surface area (TPSA) is 33.5 Å². The molecular weight excluding hydrogens is 389 g/mol. The van der Waals surface area contributed by atoms with Crippen LogP contribution in [0.25, 0.3) is 5.57 Å². The number of carbonyl (C=O) groups excluding carboxylic acids is 1. The minimum absolute atomic E-state index is 0.0291. The standard InChI is InChI=1S/C21H20ClF3N2O/c1-14(27-11-9-16(10-12-27)15-5-3-2-4-6-15)20(28)26-19-8-7-17(22)13-18(19)21(23,24)25/h2-9,13-14H,10-12H2,1H3,(H,26,28)/p+1/t14-/m0/s1. The number of halogens is 4. The molecule has 1 heterocycles. The van der Waals surface area contributed by atoms with Crippen LogP contribution in [-0.2, 0) is 11.0 Å². The number of alkyl halides is 3. The lowest BCUT2D eigenvalue weighted by molar-refractivity contribution is -0.909. The van der Waals surface area contributed by atoms with E-state index in [0.29, 0.717) is 6.54 Å². The van der Waals surface area contributed by atoms with Crippen molar-refractivity contribution in [1.29, 1.82) is 0 Å². The molecule has 0 radical (unpaired) electrons. The first-order valence-electron chi connectivity index (χ1n) is 9.02. The highest BCUT2D eigenvalue weighted by Crippen LogP contribution is 2.36. The van der Waals surface area contributed by atoms with Crippen molar-refractivity contribution in [3.8, 4) is 0 Å². The third-order valence-electron chi connectivity index (χ3n) is 5.02. The summed E-state index contributed by atoms with van der Waals surface area (Å²) in [6.07, 6.45) is -1.69. The highest BCUT2D eigenvalue weighted by Gasteiger charge is 2.35. The molecule has 0 bridgehead atoms. The Morgan fingerprint density at radius 1 is 1.18 bits per heavy atom. The van der Waals surface area contributed by atoms with E-state index in [2.05, 4.69) is 11.4 Å². The average Bonchev–Trinajstić information content (AvgIpc) is 2.68. The largest absolute Gasteiger partial charge is 0.418 e. The SMILES string of the molecule is C[C@@H](C(=O)Nc1ccc(Cl)cc1C(F)(F)F)[NH+]1CC=C(c2ccccc2)CC1. The molecular formula is C21H21ClF3N2O+. The monoisotopic (exact) mass is 409 g/mol. The molecule has 0 saturated heterocycles. The minimum Gasteiger partial charge on any atom is -0.321 e. The van der Waals surface area contributed by atoms with Crippen LogP contribution in [0.1, 0.15) is 24.5 Å². The van der Waals surface area contributed by atoms with Gasteiger partial charge in [0.05, 0.1) is 24.3 Å². The summed E-state index contributed by atoms with van der Waals surface area (Å²) in [5, 5.41) is 2.40. The van der Waals surface area contributed by atoms with E-state index in [0.717, 1.165) is 29.5 Å². The second kappa shape index (κ2) is 8.37. The van der Waals surface area contributed by atoms with Crippen LogP contribution < -0.4 is 10.2 Å². The zero-order chi connectivity index (χ0) is 20.3. The van der Waals surface area contributed by atoms with Gasteiger partial charge in [-0.15, -0.1) is 0 Å². The molecule has 0 fully saturated rings. The molecule has 28 heavy (non-hydrogen) atoms. The number of hydrogen-bond donors (Lipinski definition) is 2. The van der Waals surface area contributed by atoms with Crippen LogP contribution in [0.5, 0.6) is 0 Å². The highest BCUT2D eigenvalue weighted by atomic mass is 35.5. The van der Waals surface area contributed by atoms with Crippen molar-refractivity contribution < 1.29 is 22.9 Å². The molecule has 0 aliphatic carbocycles. The molecule has 7 heteroatoms. The van der Waals surface area contributed by atoms with Crippen molar-refractivity contribution in [2.75, 3.05) is 18.4 Å². The van der Waals surface area contributed by atoms with E-state index in [1.807, 2.05) is 30.3 Å². The Hall–Kier alpha value is -2.31. The molecule has 1 amide bonds. The predicted molar refractivity (Wildman–Crippen MR) is 104 cm³/mol. The average molecular weight is 410 g/mol. The van der Waals surface area contributed by atoms with Gasteiger partial charge in [-0.25, -0.2) is 0 Å². The van der Waals surface area contributed by atoms with Gasteiger partial charge in [0.2, 0.25) is 0 Å². The third kappa shape index (κ3) is 4.75. The second-order valence-corrected chi connectivity index (χ2v) is 7.29. The molecule has 1 unspecified atom stereocenters. The number of anilines is 1. The van der Waals surface area contributed by atoms with E-state index in [9.17, 15) is 18.0 Å². The summed E-state index contributed by atoms with van der Waals surface area (Å²) >= 11 is 5.68. The summed E-state index contributed by atoms with van der Waals surface area (Å²) in [6.45, 7) is 3.11. The molecule has 1 aliphatic heterocycles. The molecule has 1 aliphatic rings. The fourth-order valence-electron chi connectivity index (χ4n) is 3.35. The summed E-state index contributed by atoms with van der Waals surface area (Å²) in [6, 6.07) is 12.9. The third-order valence-corrected chi connectivity index (χ3v) is 5.26. The Kier molecular flexibility index (Phi) is 6.10. The van der Waals surface area contributed by atoms with Crippen LogP contribution in [0.4, 0.5) is 18.9 Å². The maximum atomic E-state index is 13.2. The van der Waals surface area contributed by atoms with Crippen molar-refractivity contribution in [3.05, 3.63) is 70.8 Å². The Bertz CT molecular complexity index is 881. The van der Waals surface area contributed by atoms with Gasteiger partial charge in [0, 0.05) is 11.4 Å². The quantitative estimate of drug-likeness (QED) is 0.784. The first-order valence-corrected chi connectivity index (χ1v) is 9.40. The van der Waals surface area contributed by atoms with E-state index < -0.39 is 23.7 Å². The van der Waals surface area contributed by atoms with Crippen molar-refractivity contribution >= 4 is 28.8 Å². The normalized spacial score (nSPS) is 18.3. The molecule has 0 spiro atoms.